The molecule has 1 aromatic heterocycles. The molecule has 1 fully saturated rings. The second kappa shape index (κ2) is 8.18. The van der Waals surface area contributed by atoms with Crippen LogP contribution in [0, 0.1) is 0 Å². The van der Waals surface area contributed by atoms with Crippen LogP contribution in [0.5, 0.6) is 5.75 Å². The van der Waals surface area contributed by atoms with Crippen molar-refractivity contribution in [2.45, 2.75) is 45.1 Å². The average Bonchev–Trinajstić information content (AvgIpc) is 2.60. The molecule has 1 amide bonds. The molecule has 3 rings (SSSR count). The normalized spacial score (nSPS) is 19.7. The predicted molar refractivity (Wildman–Crippen MR) is 101 cm³/mol. The highest BCUT2D eigenvalue weighted by atomic mass is 16.5. The first-order valence-corrected chi connectivity index (χ1v) is 9.50. The largest absolute Gasteiger partial charge is 0.483 e. The van der Waals surface area contributed by atoms with Crippen LogP contribution >= 0.6 is 0 Å². The molecule has 1 saturated heterocycles. The lowest BCUT2D eigenvalue weighted by molar-refractivity contribution is -0.132. The minimum atomic E-state index is -0.451. The SMILES string of the molecule is CC1(C)C=C(N2CCN(CCCCCCO)CC2=O)c2cnccc2O1. The lowest BCUT2D eigenvalue weighted by atomic mass is 9.99. The number of aromatic nitrogens is 1. The summed E-state index contributed by atoms with van der Waals surface area (Å²) in [5.74, 6) is 0.909. The Morgan fingerprint density at radius 1 is 1.23 bits per heavy atom. The van der Waals surface area contributed by atoms with Gasteiger partial charge >= 0.3 is 0 Å². The van der Waals surface area contributed by atoms with Crippen LogP contribution in [-0.4, -0.2) is 64.2 Å². The quantitative estimate of drug-likeness (QED) is 0.757. The van der Waals surface area contributed by atoms with E-state index < -0.39 is 5.60 Å². The minimum Gasteiger partial charge on any atom is -0.483 e. The maximum absolute atomic E-state index is 12.8. The number of unbranched alkanes of at least 4 members (excludes halogenated alkanes) is 3. The molecule has 0 aliphatic carbocycles. The Morgan fingerprint density at radius 3 is 2.81 bits per heavy atom. The molecule has 1 N–H and O–H groups in total. The number of piperazine rings is 1. The van der Waals surface area contributed by atoms with E-state index in [4.69, 9.17) is 9.84 Å². The number of carbonyl (C=O) groups excluding carboxylic acids is 1. The highest BCUT2D eigenvalue weighted by Crippen LogP contribution is 2.37. The molecule has 3 heterocycles. The molecule has 2 aliphatic heterocycles. The van der Waals surface area contributed by atoms with Crippen molar-refractivity contribution in [3.63, 3.8) is 0 Å². The van der Waals surface area contributed by atoms with Gasteiger partial charge in [-0.1, -0.05) is 12.8 Å². The Kier molecular flexibility index (Phi) is 5.94. The maximum atomic E-state index is 12.8. The van der Waals surface area contributed by atoms with Gasteiger partial charge in [0, 0.05) is 32.1 Å². The van der Waals surface area contributed by atoms with Gasteiger partial charge in [0.15, 0.2) is 0 Å². The summed E-state index contributed by atoms with van der Waals surface area (Å²) >= 11 is 0. The van der Waals surface area contributed by atoms with Gasteiger partial charge in [-0.05, 0) is 45.4 Å². The van der Waals surface area contributed by atoms with Gasteiger partial charge in [0.1, 0.15) is 11.4 Å². The summed E-state index contributed by atoms with van der Waals surface area (Å²) in [4.78, 5) is 21.1. The van der Waals surface area contributed by atoms with Crippen molar-refractivity contribution in [1.29, 1.82) is 0 Å². The van der Waals surface area contributed by atoms with E-state index in [1.165, 1.54) is 0 Å². The molecule has 1 aromatic rings. The Hall–Kier alpha value is -1.92. The zero-order chi connectivity index (χ0) is 18.6. The van der Waals surface area contributed by atoms with E-state index in [0.29, 0.717) is 13.1 Å². The van der Waals surface area contributed by atoms with Gasteiger partial charge in [-0.2, -0.15) is 0 Å². The van der Waals surface area contributed by atoms with Gasteiger partial charge in [0.25, 0.3) is 0 Å². The van der Waals surface area contributed by atoms with Crippen molar-refractivity contribution < 1.29 is 14.6 Å². The van der Waals surface area contributed by atoms with E-state index in [9.17, 15) is 4.79 Å². The molecule has 0 unspecified atom stereocenters. The predicted octanol–water partition coefficient (Wildman–Crippen LogP) is 2.29. The third-order valence-electron chi connectivity index (χ3n) is 4.89. The van der Waals surface area contributed by atoms with Crippen LogP contribution in [0.3, 0.4) is 0 Å². The van der Waals surface area contributed by atoms with Crippen LogP contribution in [0.4, 0.5) is 0 Å². The number of fused-ring (bicyclic) bond motifs is 1. The lowest BCUT2D eigenvalue weighted by Crippen LogP contribution is -2.50. The number of aliphatic hydroxyl groups is 1. The first-order chi connectivity index (χ1) is 12.5. The minimum absolute atomic E-state index is 0.130. The van der Waals surface area contributed by atoms with E-state index in [0.717, 1.165) is 55.8 Å². The number of carbonyl (C=O) groups is 1. The molecule has 0 saturated carbocycles. The van der Waals surface area contributed by atoms with Crippen LogP contribution in [0.15, 0.2) is 24.5 Å². The third-order valence-corrected chi connectivity index (χ3v) is 4.89. The van der Waals surface area contributed by atoms with Gasteiger partial charge < -0.3 is 14.7 Å². The maximum Gasteiger partial charge on any atom is 0.241 e. The standard InChI is InChI=1S/C20H29N3O3/c1-20(2)13-17(16-14-21-8-7-18(16)26-20)23-11-10-22(15-19(23)25)9-5-3-4-6-12-24/h7-8,13-14,24H,3-6,9-12,15H2,1-2H3. The van der Waals surface area contributed by atoms with Crippen LogP contribution in [-0.2, 0) is 4.79 Å². The van der Waals surface area contributed by atoms with Gasteiger partial charge in [0.2, 0.25) is 5.91 Å². The Balaban J connectivity index is 1.64. The monoisotopic (exact) mass is 359 g/mol. The van der Waals surface area contributed by atoms with E-state index in [1.807, 2.05) is 30.9 Å². The molecular formula is C20H29N3O3. The summed E-state index contributed by atoms with van der Waals surface area (Å²) in [5.41, 5.74) is 1.35. The van der Waals surface area contributed by atoms with Gasteiger partial charge in [-0.3, -0.25) is 14.7 Å². The van der Waals surface area contributed by atoms with Crippen molar-refractivity contribution >= 4 is 11.6 Å². The van der Waals surface area contributed by atoms with Crippen molar-refractivity contribution in [1.82, 2.24) is 14.8 Å². The van der Waals surface area contributed by atoms with E-state index >= 15 is 0 Å². The molecule has 6 heteroatoms. The molecule has 0 aromatic carbocycles. The summed E-state index contributed by atoms with van der Waals surface area (Å²) < 4.78 is 6.00. The van der Waals surface area contributed by atoms with Crippen molar-refractivity contribution in [3.05, 3.63) is 30.1 Å². The molecule has 2 aliphatic rings. The van der Waals surface area contributed by atoms with E-state index in [1.54, 1.807) is 12.4 Å². The molecule has 0 radical (unpaired) electrons. The van der Waals surface area contributed by atoms with E-state index in [-0.39, 0.29) is 12.5 Å². The second-order valence-corrected chi connectivity index (χ2v) is 7.57. The third kappa shape index (κ3) is 4.43. The summed E-state index contributed by atoms with van der Waals surface area (Å²) in [6, 6.07) is 1.86. The van der Waals surface area contributed by atoms with Crippen LogP contribution in [0.2, 0.25) is 0 Å². The summed E-state index contributed by atoms with van der Waals surface area (Å²) in [5, 5.41) is 8.83. The summed E-state index contributed by atoms with van der Waals surface area (Å²) in [6.45, 7) is 7.23. The number of hydrogen-bond acceptors (Lipinski definition) is 5. The molecule has 142 valence electrons. The number of pyridine rings is 1. The number of nitrogens with zero attached hydrogens (tertiary/aromatic N) is 3. The first-order valence-electron chi connectivity index (χ1n) is 9.50. The Labute approximate surface area is 155 Å². The number of ether oxygens (including phenoxy) is 1. The summed E-state index contributed by atoms with van der Waals surface area (Å²) in [6.07, 6.45) is 9.61. The smallest absolute Gasteiger partial charge is 0.241 e. The molecule has 6 nitrogen and oxygen atoms in total. The fraction of sp³-hybridized carbons (Fsp3) is 0.600. The van der Waals surface area contributed by atoms with Crippen molar-refractivity contribution in [2.75, 3.05) is 32.8 Å². The zero-order valence-electron chi connectivity index (χ0n) is 15.8. The fourth-order valence-corrected chi connectivity index (χ4v) is 3.57. The highest BCUT2D eigenvalue weighted by Gasteiger charge is 2.33. The number of amides is 1. The molecule has 0 atom stereocenters. The van der Waals surface area contributed by atoms with Crippen molar-refractivity contribution in [3.8, 4) is 5.75 Å². The highest BCUT2D eigenvalue weighted by molar-refractivity contribution is 5.90. The van der Waals surface area contributed by atoms with Crippen LogP contribution in [0.1, 0.15) is 45.1 Å². The number of rotatable bonds is 7. The summed E-state index contributed by atoms with van der Waals surface area (Å²) in [7, 11) is 0. The zero-order valence-corrected chi connectivity index (χ0v) is 15.8. The fourth-order valence-electron chi connectivity index (χ4n) is 3.57. The van der Waals surface area contributed by atoms with Crippen LogP contribution < -0.4 is 4.74 Å². The molecule has 0 spiro atoms. The van der Waals surface area contributed by atoms with Gasteiger partial charge in [0.05, 0.1) is 17.8 Å². The van der Waals surface area contributed by atoms with Crippen molar-refractivity contribution in [2.24, 2.45) is 0 Å². The van der Waals surface area contributed by atoms with Gasteiger partial charge in [-0.15, -0.1) is 0 Å². The topological polar surface area (TPSA) is 65.9 Å². The molecular weight excluding hydrogens is 330 g/mol. The molecule has 0 bridgehead atoms. The Bertz CT molecular complexity index is 672. The average molecular weight is 359 g/mol. The lowest BCUT2D eigenvalue weighted by Gasteiger charge is -2.39. The van der Waals surface area contributed by atoms with Gasteiger partial charge in [-0.25, -0.2) is 0 Å². The number of hydrogen-bond donors (Lipinski definition) is 1. The first kappa shape index (κ1) is 18.9. The van der Waals surface area contributed by atoms with E-state index in [2.05, 4.69) is 9.88 Å². The number of aliphatic hydroxyl groups excluding tert-OH is 1. The second-order valence-electron chi connectivity index (χ2n) is 7.57. The van der Waals surface area contributed by atoms with Crippen LogP contribution in [0.25, 0.3) is 5.70 Å². The molecule has 26 heavy (non-hydrogen) atoms. The Morgan fingerprint density at radius 2 is 2.04 bits per heavy atom.